The average Bonchev–Trinajstić information content (AvgIpc) is 3.04. The van der Waals surface area contributed by atoms with E-state index < -0.39 is 0 Å². The van der Waals surface area contributed by atoms with Gasteiger partial charge in [0.25, 0.3) is 0 Å². The van der Waals surface area contributed by atoms with Crippen molar-refractivity contribution in [2.45, 2.75) is 20.3 Å². The summed E-state index contributed by atoms with van der Waals surface area (Å²) in [6, 6.07) is 10.1. The predicted octanol–water partition coefficient (Wildman–Crippen LogP) is 3.09. The zero-order valence-corrected chi connectivity index (χ0v) is 12.5. The third-order valence-corrected chi connectivity index (χ3v) is 3.51. The zero-order valence-electron chi connectivity index (χ0n) is 12.5. The Hall–Kier alpha value is -2.82. The number of carbonyl (C=O) groups is 1. The highest BCUT2D eigenvalue weighted by Crippen LogP contribution is 2.23. The van der Waals surface area contributed by atoms with E-state index in [1.807, 2.05) is 28.9 Å². The quantitative estimate of drug-likeness (QED) is 0.693. The van der Waals surface area contributed by atoms with E-state index in [-0.39, 0.29) is 11.6 Å². The lowest BCUT2D eigenvalue weighted by Crippen LogP contribution is -2.04. The van der Waals surface area contributed by atoms with Crippen molar-refractivity contribution in [2.24, 2.45) is 0 Å². The fourth-order valence-corrected chi connectivity index (χ4v) is 2.37. The highest BCUT2D eigenvalue weighted by molar-refractivity contribution is 5.90. The minimum atomic E-state index is -0.142. The van der Waals surface area contributed by atoms with E-state index in [0.717, 1.165) is 23.4 Å². The lowest BCUT2D eigenvalue weighted by atomic mass is 10.1. The SMILES string of the molecule is CCc1ccccc1-n1nccc1-c1cnc(C(C)=O)nc1. The van der Waals surface area contributed by atoms with E-state index in [2.05, 4.69) is 28.1 Å². The molecule has 0 spiro atoms. The molecular formula is C17H16N4O. The van der Waals surface area contributed by atoms with Crippen LogP contribution < -0.4 is 0 Å². The third kappa shape index (κ3) is 2.53. The third-order valence-electron chi connectivity index (χ3n) is 3.51. The van der Waals surface area contributed by atoms with Crippen LogP contribution in [0.3, 0.4) is 0 Å². The Morgan fingerprint density at radius 2 is 1.86 bits per heavy atom. The number of ketones is 1. The van der Waals surface area contributed by atoms with E-state index in [1.54, 1.807) is 18.6 Å². The Labute approximate surface area is 128 Å². The van der Waals surface area contributed by atoms with Crippen LogP contribution in [-0.4, -0.2) is 25.5 Å². The molecule has 3 rings (SSSR count). The molecule has 0 fully saturated rings. The molecule has 0 saturated carbocycles. The van der Waals surface area contributed by atoms with Crippen LogP contribution in [0.1, 0.15) is 30.0 Å². The van der Waals surface area contributed by atoms with Crippen LogP contribution in [0.15, 0.2) is 48.9 Å². The van der Waals surface area contributed by atoms with E-state index in [4.69, 9.17) is 0 Å². The number of carbonyl (C=O) groups excluding carboxylic acids is 1. The molecule has 5 nitrogen and oxygen atoms in total. The number of rotatable bonds is 4. The van der Waals surface area contributed by atoms with Crippen LogP contribution in [0.2, 0.25) is 0 Å². The first kappa shape index (κ1) is 14.1. The Morgan fingerprint density at radius 3 is 2.55 bits per heavy atom. The standard InChI is InChI=1S/C17H16N4O/c1-3-13-6-4-5-7-15(13)21-16(8-9-20-21)14-10-18-17(12(2)22)19-11-14/h4-11H,3H2,1-2H3. The van der Waals surface area contributed by atoms with Crippen molar-refractivity contribution in [1.82, 2.24) is 19.7 Å². The van der Waals surface area contributed by atoms with Gasteiger partial charge in [-0.15, -0.1) is 0 Å². The molecule has 0 aliphatic carbocycles. The fourth-order valence-electron chi connectivity index (χ4n) is 2.37. The molecular weight excluding hydrogens is 276 g/mol. The molecule has 2 heterocycles. The minimum Gasteiger partial charge on any atom is -0.291 e. The summed E-state index contributed by atoms with van der Waals surface area (Å²) in [6.45, 7) is 3.57. The van der Waals surface area contributed by atoms with Gasteiger partial charge in [0.05, 0.1) is 17.6 Å². The Bertz CT molecular complexity index is 806. The molecule has 22 heavy (non-hydrogen) atoms. The number of para-hydroxylation sites is 1. The van der Waals surface area contributed by atoms with Crippen molar-refractivity contribution in [2.75, 3.05) is 0 Å². The van der Waals surface area contributed by atoms with Gasteiger partial charge in [-0.3, -0.25) is 4.79 Å². The summed E-state index contributed by atoms with van der Waals surface area (Å²) >= 11 is 0. The monoisotopic (exact) mass is 292 g/mol. The summed E-state index contributed by atoms with van der Waals surface area (Å²) < 4.78 is 1.88. The normalized spacial score (nSPS) is 10.6. The van der Waals surface area contributed by atoms with E-state index in [9.17, 15) is 4.79 Å². The highest BCUT2D eigenvalue weighted by Gasteiger charge is 2.11. The van der Waals surface area contributed by atoms with Crippen LogP contribution in [0.4, 0.5) is 0 Å². The van der Waals surface area contributed by atoms with Crippen molar-refractivity contribution < 1.29 is 4.79 Å². The minimum absolute atomic E-state index is 0.142. The van der Waals surface area contributed by atoms with Crippen molar-refractivity contribution in [3.63, 3.8) is 0 Å². The Kier molecular flexibility index (Phi) is 3.78. The second-order valence-electron chi connectivity index (χ2n) is 4.96. The molecule has 0 N–H and O–H groups in total. The summed E-state index contributed by atoms with van der Waals surface area (Å²) in [5, 5.41) is 4.42. The summed E-state index contributed by atoms with van der Waals surface area (Å²) in [6.07, 6.45) is 5.99. The van der Waals surface area contributed by atoms with E-state index in [0.29, 0.717) is 0 Å². The predicted molar refractivity (Wildman–Crippen MR) is 84.0 cm³/mol. The molecule has 0 atom stereocenters. The molecule has 5 heteroatoms. The molecule has 3 aromatic rings. The first-order valence-electron chi connectivity index (χ1n) is 7.16. The fraction of sp³-hybridized carbons (Fsp3) is 0.176. The molecule has 110 valence electrons. The number of aromatic nitrogens is 4. The number of hydrogen-bond donors (Lipinski definition) is 0. The smallest absolute Gasteiger partial charge is 0.196 e. The molecule has 0 amide bonds. The van der Waals surface area contributed by atoms with E-state index >= 15 is 0 Å². The van der Waals surface area contributed by atoms with Crippen molar-refractivity contribution in [1.29, 1.82) is 0 Å². The summed E-state index contributed by atoms with van der Waals surface area (Å²) in [7, 11) is 0. The van der Waals surface area contributed by atoms with Crippen molar-refractivity contribution in [3.8, 4) is 16.9 Å². The largest absolute Gasteiger partial charge is 0.291 e. The number of aryl methyl sites for hydroxylation is 1. The second kappa shape index (κ2) is 5.89. The number of benzene rings is 1. The molecule has 0 aliphatic rings. The summed E-state index contributed by atoms with van der Waals surface area (Å²) in [4.78, 5) is 19.5. The van der Waals surface area contributed by atoms with Gasteiger partial charge >= 0.3 is 0 Å². The summed E-state index contributed by atoms with van der Waals surface area (Å²) in [5.74, 6) is 0.0835. The van der Waals surface area contributed by atoms with Crippen LogP contribution in [-0.2, 0) is 6.42 Å². The van der Waals surface area contributed by atoms with Gasteiger partial charge in [0.15, 0.2) is 11.6 Å². The van der Waals surface area contributed by atoms with E-state index in [1.165, 1.54) is 12.5 Å². The van der Waals surface area contributed by atoms with Gasteiger partial charge in [-0.2, -0.15) is 5.10 Å². The molecule has 0 saturated heterocycles. The van der Waals surface area contributed by atoms with Gasteiger partial charge in [0, 0.05) is 24.9 Å². The topological polar surface area (TPSA) is 60.7 Å². The van der Waals surface area contributed by atoms with Crippen molar-refractivity contribution >= 4 is 5.78 Å². The lowest BCUT2D eigenvalue weighted by molar-refractivity contribution is 0.100. The van der Waals surface area contributed by atoms with Crippen LogP contribution in [0, 0.1) is 0 Å². The number of hydrogen-bond acceptors (Lipinski definition) is 4. The molecule has 0 aliphatic heterocycles. The number of nitrogens with zero attached hydrogens (tertiary/aromatic N) is 4. The Morgan fingerprint density at radius 1 is 1.14 bits per heavy atom. The van der Waals surface area contributed by atoms with Gasteiger partial charge in [0.1, 0.15) is 0 Å². The van der Waals surface area contributed by atoms with Crippen molar-refractivity contribution in [3.05, 3.63) is 60.3 Å². The number of Topliss-reactive ketones (excluding diaryl/α,β-unsaturated/α-hetero) is 1. The first-order valence-corrected chi connectivity index (χ1v) is 7.16. The maximum absolute atomic E-state index is 11.3. The maximum atomic E-state index is 11.3. The molecule has 2 aromatic heterocycles. The van der Waals surface area contributed by atoms with Gasteiger partial charge in [-0.25, -0.2) is 14.6 Å². The Balaban J connectivity index is 2.07. The van der Waals surface area contributed by atoms with Gasteiger partial charge < -0.3 is 0 Å². The van der Waals surface area contributed by atoms with Gasteiger partial charge in [0.2, 0.25) is 0 Å². The van der Waals surface area contributed by atoms with Gasteiger partial charge in [-0.1, -0.05) is 25.1 Å². The zero-order chi connectivity index (χ0) is 15.5. The maximum Gasteiger partial charge on any atom is 0.196 e. The molecule has 0 bridgehead atoms. The van der Waals surface area contributed by atoms with Gasteiger partial charge in [-0.05, 0) is 24.1 Å². The molecule has 0 unspecified atom stereocenters. The second-order valence-corrected chi connectivity index (χ2v) is 4.96. The van der Waals surface area contributed by atoms with Crippen LogP contribution in [0.25, 0.3) is 16.9 Å². The molecule has 0 radical (unpaired) electrons. The summed E-state index contributed by atoms with van der Waals surface area (Å²) in [5.41, 5.74) is 3.98. The lowest BCUT2D eigenvalue weighted by Gasteiger charge is -2.11. The first-order chi connectivity index (χ1) is 10.7. The average molecular weight is 292 g/mol. The van der Waals surface area contributed by atoms with Crippen LogP contribution >= 0.6 is 0 Å². The molecule has 1 aromatic carbocycles. The highest BCUT2D eigenvalue weighted by atomic mass is 16.1. The van der Waals surface area contributed by atoms with Crippen LogP contribution in [0.5, 0.6) is 0 Å².